The van der Waals surface area contributed by atoms with Crippen molar-refractivity contribution in [1.82, 2.24) is 0 Å². The second-order valence-electron chi connectivity index (χ2n) is 7.89. The number of allylic oxidation sites excluding steroid dienone is 3. The van der Waals surface area contributed by atoms with Gasteiger partial charge in [0.25, 0.3) is 0 Å². The Morgan fingerprint density at radius 1 is 1.09 bits per heavy atom. The molecular weight excluding hydrogens is 427 g/mol. The van der Waals surface area contributed by atoms with E-state index in [2.05, 4.69) is 39.1 Å². The molecule has 2 rings (SSSR count). The first kappa shape index (κ1) is 26.1. The van der Waals surface area contributed by atoms with E-state index in [-0.39, 0.29) is 17.1 Å². The molecule has 0 saturated carbocycles. The van der Waals surface area contributed by atoms with Crippen LogP contribution in [0.3, 0.4) is 0 Å². The highest BCUT2D eigenvalue weighted by molar-refractivity contribution is 5.78. The molecule has 33 heavy (non-hydrogen) atoms. The summed E-state index contributed by atoms with van der Waals surface area (Å²) < 4.78 is 49.9. The molecule has 3 nitrogen and oxygen atoms in total. The van der Waals surface area contributed by atoms with Crippen LogP contribution in [0.15, 0.2) is 61.8 Å². The summed E-state index contributed by atoms with van der Waals surface area (Å²) in [5, 5.41) is 0. The molecule has 0 N–H and O–H groups in total. The number of anilines is 2. The molecule has 178 valence electrons. The number of benzene rings is 2. The van der Waals surface area contributed by atoms with Gasteiger partial charge in [0.15, 0.2) is 0 Å². The zero-order chi connectivity index (χ0) is 24.8. The first-order valence-corrected chi connectivity index (χ1v) is 10.8. The Hall–Kier alpha value is -3.15. The fraction of sp³-hybridized carbons (Fsp3) is 0.333. The van der Waals surface area contributed by atoms with E-state index in [1.165, 1.54) is 14.2 Å². The highest BCUT2D eigenvalue weighted by Crippen LogP contribution is 2.41. The molecule has 1 unspecified atom stereocenters. The highest BCUT2D eigenvalue weighted by atomic mass is 19.4. The van der Waals surface area contributed by atoms with Crippen LogP contribution in [0.5, 0.6) is 11.5 Å². The Kier molecular flexibility index (Phi) is 8.80. The number of halogens is 3. The minimum atomic E-state index is -4.39. The molecule has 0 aliphatic rings. The summed E-state index contributed by atoms with van der Waals surface area (Å²) >= 11 is 0. The summed E-state index contributed by atoms with van der Waals surface area (Å²) in [5.74, 6) is 0.638. The van der Waals surface area contributed by atoms with Crippen LogP contribution in [0.1, 0.15) is 37.0 Å². The predicted molar refractivity (Wildman–Crippen MR) is 130 cm³/mol. The van der Waals surface area contributed by atoms with E-state index in [0.29, 0.717) is 11.6 Å². The van der Waals surface area contributed by atoms with Crippen LogP contribution in [0, 0.1) is 12.8 Å². The van der Waals surface area contributed by atoms with Gasteiger partial charge in [0.05, 0.1) is 26.3 Å². The Morgan fingerprint density at radius 3 is 2.12 bits per heavy atom. The molecule has 0 aliphatic carbocycles. The van der Waals surface area contributed by atoms with Crippen molar-refractivity contribution in [3.05, 3.63) is 78.5 Å². The van der Waals surface area contributed by atoms with E-state index in [1.54, 1.807) is 23.2 Å². The zero-order valence-corrected chi connectivity index (χ0v) is 19.9. The Bertz CT molecular complexity index is 1000. The van der Waals surface area contributed by atoms with Crippen LogP contribution in [0.25, 0.3) is 5.57 Å². The second-order valence-corrected chi connectivity index (χ2v) is 7.89. The van der Waals surface area contributed by atoms with Crippen molar-refractivity contribution < 1.29 is 22.6 Å². The van der Waals surface area contributed by atoms with Gasteiger partial charge >= 0.3 is 6.18 Å². The molecule has 1 atom stereocenters. The van der Waals surface area contributed by atoms with Gasteiger partial charge in [-0.3, -0.25) is 0 Å². The van der Waals surface area contributed by atoms with Gasteiger partial charge in [0.1, 0.15) is 11.5 Å². The molecule has 0 spiro atoms. The molecule has 6 heteroatoms. The molecule has 0 fully saturated rings. The smallest absolute Gasteiger partial charge is 0.393 e. The first-order chi connectivity index (χ1) is 15.6. The molecule has 0 bridgehead atoms. The predicted octanol–water partition coefficient (Wildman–Crippen LogP) is 8.01. The van der Waals surface area contributed by atoms with Crippen LogP contribution in [0.4, 0.5) is 24.5 Å². The lowest BCUT2D eigenvalue weighted by Gasteiger charge is -2.25. The average molecular weight is 460 g/mol. The van der Waals surface area contributed by atoms with Crippen LogP contribution in [-0.2, 0) is 6.42 Å². The Morgan fingerprint density at radius 2 is 1.70 bits per heavy atom. The molecule has 0 saturated heterocycles. The van der Waals surface area contributed by atoms with E-state index in [9.17, 15) is 13.2 Å². The van der Waals surface area contributed by atoms with Gasteiger partial charge in [0.2, 0.25) is 0 Å². The van der Waals surface area contributed by atoms with Crippen LogP contribution >= 0.6 is 0 Å². The lowest BCUT2D eigenvalue weighted by molar-refractivity contribution is -0.127. The molecular formula is C27H32F3NO2. The van der Waals surface area contributed by atoms with E-state index in [1.807, 2.05) is 25.1 Å². The lowest BCUT2D eigenvalue weighted by Crippen LogP contribution is -2.15. The molecule has 0 aromatic heterocycles. The molecule has 2 aromatic carbocycles. The Labute approximate surface area is 194 Å². The topological polar surface area (TPSA) is 21.7 Å². The van der Waals surface area contributed by atoms with Crippen molar-refractivity contribution in [2.45, 2.75) is 39.8 Å². The molecule has 0 aliphatic heterocycles. The standard InChI is InChI=1S/C27H32F3NO2/c1-8-18(4)13-20(9-2)21-11-12-24(19(5)14-21)31(10-3)22-15-25(32-6)23(17-27(28,29)30)26(16-22)33-7/h9-16,18H,2-3,8,17H2,1,4-7H3/b20-13+. The van der Waals surface area contributed by atoms with E-state index >= 15 is 0 Å². The maximum atomic E-state index is 13.1. The third-order valence-corrected chi connectivity index (χ3v) is 5.55. The van der Waals surface area contributed by atoms with Crippen LogP contribution in [0.2, 0.25) is 0 Å². The van der Waals surface area contributed by atoms with Crippen molar-refractivity contribution in [3.63, 3.8) is 0 Å². The third-order valence-electron chi connectivity index (χ3n) is 5.55. The maximum Gasteiger partial charge on any atom is 0.393 e. The normalized spacial score (nSPS) is 12.8. The van der Waals surface area contributed by atoms with Gasteiger partial charge < -0.3 is 14.4 Å². The first-order valence-electron chi connectivity index (χ1n) is 10.8. The number of nitrogens with zero attached hydrogens (tertiary/aromatic N) is 1. The summed E-state index contributed by atoms with van der Waals surface area (Å²) in [6, 6.07) is 9.16. The van der Waals surface area contributed by atoms with Crippen molar-refractivity contribution >= 4 is 16.9 Å². The largest absolute Gasteiger partial charge is 0.496 e. The molecule has 0 amide bonds. The summed E-state index contributed by atoms with van der Waals surface area (Å²) in [7, 11) is 2.69. The van der Waals surface area contributed by atoms with Gasteiger partial charge in [0, 0.05) is 29.6 Å². The van der Waals surface area contributed by atoms with Crippen molar-refractivity contribution in [2.75, 3.05) is 19.1 Å². The number of hydrogen-bond acceptors (Lipinski definition) is 3. The quantitative estimate of drug-likeness (QED) is 0.336. The monoisotopic (exact) mass is 459 g/mol. The molecule has 2 aromatic rings. The third kappa shape index (κ3) is 6.44. The van der Waals surface area contributed by atoms with Gasteiger partial charge in [-0.15, -0.1) is 0 Å². The van der Waals surface area contributed by atoms with Gasteiger partial charge in [-0.1, -0.05) is 51.6 Å². The van der Waals surface area contributed by atoms with Gasteiger partial charge in [-0.25, -0.2) is 0 Å². The fourth-order valence-electron chi connectivity index (χ4n) is 3.64. The van der Waals surface area contributed by atoms with Gasteiger partial charge in [-0.05, 0) is 41.7 Å². The number of aryl methyl sites for hydroxylation is 1. The van der Waals surface area contributed by atoms with Crippen LogP contribution in [-0.4, -0.2) is 20.4 Å². The number of methoxy groups -OCH3 is 2. The molecule has 0 radical (unpaired) electrons. The molecule has 0 heterocycles. The van der Waals surface area contributed by atoms with Crippen LogP contribution < -0.4 is 14.4 Å². The lowest BCUT2D eigenvalue weighted by atomic mass is 9.97. The number of hydrogen-bond donors (Lipinski definition) is 0. The Balaban J connectivity index is 2.55. The minimum Gasteiger partial charge on any atom is -0.496 e. The number of rotatable bonds is 10. The van der Waals surface area contributed by atoms with Crippen molar-refractivity contribution in [1.29, 1.82) is 0 Å². The minimum absolute atomic E-state index is 0.0434. The van der Waals surface area contributed by atoms with Gasteiger partial charge in [-0.2, -0.15) is 13.2 Å². The van der Waals surface area contributed by atoms with Crippen molar-refractivity contribution in [3.8, 4) is 11.5 Å². The summed E-state index contributed by atoms with van der Waals surface area (Å²) in [6.07, 6.45) is 1.16. The summed E-state index contributed by atoms with van der Waals surface area (Å²) in [4.78, 5) is 1.80. The maximum absolute atomic E-state index is 13.1. The fourth-order valence-corrected chi connectivity index (χ4v) is 3.64. The van der Waals surface area contributed by atoms with Crippen molar-refractivity contribution in [2.24, 2.45) is 5.92 Å². The summed E-state index contributed by atoms with van der Waals surface area (Å²) in [6.45, 7) is 14.1. The SMILES string of the molecule is C=C/C(=C\C(C)CC)c1ccc(N(C=C)c2cc(OC)c(CC(F)(F)F)c(OC)c2)c(C)c1. The van der Waals surface area contributed by atoms with E-state index in [0.717, 1.165) is 28.8 Å². The summed E-state index contributed by atoms with van der Waals surface area (Å²) in [5.41, 5.74) is 4.46. The number of ether oxygens (including phenoxy) is 2. The van der Waals surface area contributed by atoms with E-state index < -0.39 is 12.6 Å². The highest BCUT2D eigenvalue weighted by Gasteiger charge is 2.32. The number of alkyl halides is 3. The average Bonchev–Trinajstić information content (AvgIpc) is 2.78. The zero-order valence-electron chi connectivity index (χ0n) is 19.9. The van der Waals surface area contributed by atoms with E-state index in [4.69, 9.17) is 9.47 Å². The second kappa shape index (κ2) is 11.1.